The topological polar surface area (TPSA) is 112 Å². The van der Waals surface area contributed by atoms with Crippen LogP contribution in [0.4, 0.5) is 11.5 Å². The summed E-state index contributed by atoms with van der Waals surface area (Å²) in [5, 5.41) is 10.3. The van der Waals surface area contributed by atoms with Crippen molar-refractivity contribution in [3.8, 4) is 11.5 Å². The highest BCUT2D eigenvalue weighted by Crippen LogP contribution is 2.26. The van der Waals surface area contributed by atoms with E-state index in [4.69, 9.17) is 5.73 Å². The third kappa shape index (κ3) is 3.01. The van der Waals surface area contributed by atoms with Crippen LogP contribution in [0.2, 0.25) is 0 Å². The Bertz CT molecular complexity index is 1100. The SMILES string of the molecule is Nc1nonc1-c1nc2ccccc2n1CC(=O)Nc1ccccc1I. The Hall–Kier alpha value is -2.95. The number of aromatic nitrogens is 4. The number of anilines is 2. The molecular formula is C17H13IN6O2. The molecule has 1 amide bonds. The number of benzene rings is 2. The first-order valence-electron chi connectivity index (χ1n) is 7.71. The zero-order valence-corrected chi connectivity index (χ0v) is 15.5. The number of carbonyl (C=O) groups is 1. The maximum atomic E-state index is 12.6. The van der Waals surface area contributed by atoms with Gasteiger partial charge >= 0.3 is 0 Å². The van der Waals surface area contributed by atoms with E-state index in [2.05, 4.69) is 47.8 Å². The minimum absolute atomic E-state index is 0.0487. The minimum Gasteiger partial charge on any atom is -0.379 e. The third-order valence-corrected chi connectivity index (χ3v) is 4.77. The Morgan fingerprint density at radius 2 is 1.92 bits per heavy atom. The number of rotatable bonds is 4. The van der Waals surface area contributed by atoms with Crippen molar-refractivity contribution in [3.05, 3.63) is 52.1 Å². The summed E-state index contributed by atoms with van der Waals surface area (Å²) in [5.41, 5.74) is 8.40. The molecule has 0 radical (unpaired) electrons. The zero-order chi connectivity index (χ0) is 18.1. The molecule has 0 bridgehead atoms. The Morgan fingerprint density at radius 1 is 1.15 bits per heavy atom. The molecule has 4 aromatic rings. The molecule has 8 nitrogen and oxygen atoms in total. The van der Waals surface area contributed by atoms with Gasteiger partial charge in [-0.3, -0.25) is 4.79 Å². The molecule has 9 heteroatoms. The van der Waals surface area contributed by atoms with Gasteiger partial charge in [-0.25, -0.2) is 9.61 Å². The van der Waals surface area contributed by atoms with Crippen LogP contribution in [0.25, 0.3) is 22.6 Å². The van der Waals surface area contributed by atoms with E-state index in [1.807, 2.05) is 48.5 Å². The number of para-hydroxylation sites is 3. The van der Waals surface area contributed by atoms with Gasteiger partial charge in [0.1, 0.15) is 6.54 Å². The van der Waals surface area contributed by atoms with Crippen LogP contribution >= 0.6 is 22.6 Å². The van der Waals surface area contributed by atoms with Crippen molar-refractivity contribution in [2.45, 2.75) is 6.54 Å². The first-order chi connectivity index (χ1) is 12.6. The van der Waals surface area contributed by atoms with Crippen LogP contribution in [-0.2, 0) is 11.3 Å². The van der Waals surface area contributed by atoms with E-state index in [9.17, 15) is 4.79 Å². The summed E-state index contributed by atoms with van der Waals surface area (Å²) in [6, 6.07) is 15.1. The summed E-state index contributed by atoms with van der Waals surface area (Å²) < 4.78 is 7.39. The summed E-state index contributed by atoms with van der Waals surface area (Å²) in [5.74, 6) is 0.371. The van der Waals surface area contributed by atoms with Gasteiger partial charge in [0.25, 0.3) is 0 Å². The molecule has 2 aromatic carbocycles. The molecule has 26 heavy (non-hydrogen) atoms. The molecule has 0 spiro atoms. The van der Waals surface area contributed by atoms with E-state index in [1.54, 1.807) is 4.57 Å². The van der Waals surface area contributed by atoms with Gasteiger partial charge in [-0.15, -0.1) is 0 Å². The molecular weight excluding hydrogens is 447 g/mol. The zero-order valence-electron chi connectivity index (χ0n) is 13.4. The lowest BCUT2D eigenvalue weighted by Crippen LogP contribution is -2.20. The summed E-state index contributed by atoms with van der Waals surface area (Å²) in [7, 11) is 0. The number of amides is 1. The van der Waals surface area contributed by atoms with Crippen LogP contribution in [-0.4, -0.2) is 25.8 Å². The van der Waals surface area contributed by atoms with Gasteiger partial charge in [0.15, 0.2) is 17.3 Å². The van der Waals surface area contributed by atoms with Crippen molar-refractivity contribution in [1.82, 2.24) is 19.9 Å². The van der Waals surface area contributed by atoms with Crippen LogP contribution < -0.4 is 11.1 Å². The van der Waals surface area contributed by atoms with Gasteiger partial charge < -0.3 is 15.6 Å². The summed E-state index contributed by atoms with van der Waals surface area (Å²) >= 11 is 2.18. The quantitative estimate of drug-likeness (QED) is 0.453. The molecule has 0 aliphatic rings. The van der Waals surface area contributed by atoms with E-state index < -0.39 is 0 Å². The predicted molar refractivity (Wildman–Crippen MR) is 105 cm³/mol. The van der Waals surface area contributed by atoms with Crippen LogP contribution in [0.3, 0.4) is 0 Å². The number of fused-ring (bicyclic) bond motifs is 1. The van der Waals surface area contributed by atoms with E-state index in [1.165, 1.54) is 0 Å². The number of nitrogens with one attached hydrogen (secondary N) is 1. The average molecular weight is 460 g/mol. The highest BCUT2D eigenvalue weighted by molar-refractivity contribution is 14.1. The van der Waals surface area contributed by atoms with Crippen molar-refractivity contribution >= 4 is 51.0 Å². The average Bonchev–Trinajstić information content (AvgIpc) is 3.21. The standard InChI is InChI=1S/C17H13IN6O2/c18-10-5-1-2-6-11(10)20-14(25)9-24-13-8-4-3-7-12(13)21-17(24)15-16(19)23-26-22-15/h1-8H,9H2,(H2,19,23)(H,20,25). The largest absolute Gasteiger partial charge is 0.379 e. The minimum atomic E-state index is -0.187. The van der Waals surface area contributed by atoms with Gasteiger partial charge in [-0.2, -0.15) is 0 Å². The number of hydrogen-bond acceptors (Lipinski definition) is 6. The lowest BCUT2D eigenvalue weighted by Gasteiger charge is -2.10. The van der Waals surface area contributed by atoms with Crippen LogP contribution in [0.5, 0.6) is 0 Å². The van der Waals surface area contributed by atoms with Crippen LogP contribution in [0.15, 0.2) is 53.2 Å². The number of nitrogens with zero attached hydrogens (tertiary/aromatic N) is 4. The Labute approximate surface area is 161 Å². The number of halogens is 1. The first kappa shape index (κ1) is 16.5. The van der Waals surface area contributed by atoms with Crippen LogP contribution in [0, 0.1) is 3.57 Å². The van der Waals surface area contributed by atoms with Crippen LogP contribution in [0.1, 0.15) is 0 Å². The summed E-state index contributed by atoms with van der Waals surface area (Å²) in [4.78, 5) is 17.2. The van der Waals surface area contributed by atoms with Gasteiger partial charge in [-0.05, 0) is 57.2 Å². The number of hydrogen-bond donors (Lipinski definition) is 2. The van der Waals surface area contributed by atoms with Crippen molar-refractivity contribution in [1.29, 1.82) is 0 Å². The van der Waals surface area contributed by atoms with Gasteiger partial charge in [0.2, 0.25) is 5.91 Å². The van der Waals surface area contributed by atoms with Crippen molar-refractivity contribution in [2.24, 2.45) is 0 Å². The smallest absolute Gasteiger partial charge is 0.244 e. The summed E-state index contributed by atoms with van der Waals surface area (Å²) in [6.07, 6.45) is 0. The number of nitrogens with two attached hydrogens (primary N) is 1. The molecule has 0 fully saturated rings. The molecule has 0 aliphatic carbocycles. The van der Waals surface area contributed by atoms with Gasteiger partial charge in [-0.1, -0.05) is 24.3 Å². The second kappa shape index (κ2) is 6.75. The van der Waals surface area contributed by atoms with Gasteiger partial charge in [0.05, 0.1) is 16.7 Å². The molecule has 0 atom stereocenters. The summed E-state index contributed by atoms with van der Waals surface area (Å²) in [6.45, 7) is 0.0487. The lowest BCUT2D eigenvalue weighted by atomic mass is 10.3. The maximum absolute atomic E-state index is 12.6. The van der Waals surface area contributed by atoms with E-state index in [-0.39, 0.29) is 18.3 Å². The molecule has 0 aliphatic heterocycles. The second-order valence-corrected chi connectivity index (χ2v) is 6.70. The first-order valence-corrected chi connectivity index (χ1v) is 8.79. The fourth-order valence-electron chi connectivity index (χ4n) is 2.66. The number of nitrogen functional groups attached to an aromatic ring is 1. The van der Waals surface area contributed by atoms with Crippen molar-refractivity contribution < 1.29 is 9.42 Å². The maximum Gasteiger partial charge on any atom is 0.244 e. The van der Waals surface area contributed by atoms with Crippen molar-refractivity contribution in [3.63, 3.8) is 0 Å². The van der Waals surface area contributed by atoms with Gasteiger partial charge in [0, 0.05) is 3.57 Å². The molecule has 4 rings (SSSR count). The predicted octanol–water partition coefficient (Wildman–Crippen LogP) is 2.91. The fraction of sp³-hybridized carbons (Fsp3) is 0.0588. The highest BCUT2D eigenvalue weighted by Gasteiger charge is 2.20. The fourth-order valence-corrected chi connectivity index (χ4v) is 3.19. The Kier molecular flexibility index (Phi) is 4.29. The van der Waals surface area contributed by atoms with E-state index in [0.717, 1.165) is 20.3 Å². The normalized spacial score (nSPS) is 11.0. The monoisotopic (exact) mass is 460 g/mol. The van der Waals surface area contributed by atoms with E-state index in [0.29, 0.717) is 11.5 Å². The molecule has 0 unspecified atom stereocenters. The number of carbonyl (C=O) groups excluding carboxylic acids is 1. The molecule has 2 heterocycles. The Morgan fingerprint density at radius 3 is 2.69 bits per heavy atom. The molecule has 0 saturated carbocycles. The van der Waals surface area contributed by atoms with Crippen molar-refractivity contribution in [2.75, 3.05) is 11.1 Å². The second-order valence-electron chi connectivity index (χ2n) is 5.54. The molecule has 3 N–H and O–H groups in total. The Balaban J connectivity index is 1.72. The molecule has 130 valence electrons. The molecule has 0 saturated heterocycles. The van der Waals surface area contributed by atoms with E-state index >= 15 is 0 Å². The lowest BCUT2D eigenvalue weighted by molar-refractivity contribution is -0.116. The number of imidazole rings is 1. The third-order valence-electron chi connectivity index (χ3n) is 3.83. The highest BCUT2D eigenvalue weighted by atomic mass is 127. The molecule has 2 aromatic heterocycles.